The first-order chi connectivity index (χ1) is 15.3. The number of aromatic nitrogens is 1. The lowest BCUT2D eigenvalue weighted by Crippen LogP contribution is -2.39. The number of hydrogen-bond acceptors (Lipinski definition) is 5. The quantitative estimate of drug-likeness (QED) is 0.570. The molecule has 164 valence electrons. The van der Waals surface area contributed by atoms with E-state index in [1.54, 1.807) is 29.7 Å². The number of fused-ring (bicyclic) bond motifs is 1. The van der Waals surface area contributed by atoms with E-state index in [0.29, 0.717) is 32.1 Å². The fourth-order valence-corrected chi connectivity index (χ4v) is 4.83. The zero-order chi connectivity index (χ0) is 23.0. The highest BCUT2D eigenvalue weighted by atomic mass is 32.1. The average Bonchev–Trinajstić information content (AvgIpc) is 3.08. The summed E-state index contributed by atoms with van der Waals surface area (Å²) in [5.41, 5.74) is 3.27. The van der Waals surface area contributed by atoms with Crippen molar-refractivity contribution in [1.82, 2.24) is 4.57 Å². The first kappa shape index (κ1) is 21.9. The maximum atomic E-state index is 13.4. The van der Waals surface area contributed by atoms with Crippen molar-refractivity contribution < 1.29 is 13.9 Å². The number of benzene rings is 2. The van der Waals surface area contributed by atoms with Crippen LogP contribution in [0.15, 0.2) is 69.6 Å². The molecule has 1 aromatic heterocycles. The summed E-state index contributed by atoms with van der Waals surface area (Å²) in [6.07, 6.45) is 1.71. The summed E-state index contributed by atoms with van der Waals surface area (Å²) < 4.78 is 20.3. The Bertz CT molecular complexity index is 1380. The molecule has 0 fully saturated rings. The van der Waals surface area contributed by atoms with Crippen LogP contribution in [0.5, 0.6) is 0 Å². The number of methoxy groups -OCH3 is 1. The monoisotopic (exact) mass is 450 g/mol. The third kappa shape index (κ3) is 3.96. The van der Waals surface area contributed by atoms with Gasteiger partial charge in [-0.2, -0.15) is 0 Å². The molecule has 0 aliphatic carbocycles. The van der Waals surface area contributed by atoms with Crippen LogP contribution >= 0.6 is 11.3 Å². The van der Waals surface area contributed by atoms with E-state index in [-0.39, 0.29) is 11.4 Å². The summed E-state index contributed by atoms with van der Waals surface area (Å²) in [5.74, 6) is -0.497. The number of carbonyl (C=O) groups is 1. The molecule has 2 aromatic carbocycles. The van der Waals surface area contributed by atoms with Gasteiger partial charge in [0.25, 0.3) is 5.56 Å². The van der Waals surface area contributed by atoms with E-state index < -0.39 is 12.0 Å². The highest BCUT2D eigenvalue weighted by Gasteiger charge is 2.33. The fourth-order valence-electron chi connectivity index (χ4n) is 3.78. The molecule has 0 N–H and O–H groups in total. The molecule has 1 aliphatic heterocycles. The molecule has 0 spiro atoms. The Hall–Kier alpha value is -3.32. The summed E-state index contributed by atoms with van der Waals surface area (Å²) in [7, 11) is 1.32. The lowest BCUT2D eigenvalue weighted by atomic mass is 9.93. The van der Waals surface area contributed by atoms with E-state index in [4.69, 9.17) is 4.74 Å². The number of rotatable bonds is 4. The SMILES string of the molecule is COC(=O)C1=C(C)N=c2sc(=Cc3ccc(F)cc3)c(=O)n2C1c1ccc(C(C)C)cc1. The van der Waals surface area contributed by atoms with E-state index in [9.17, 15) is 14.0 Å². The number of nitrogens with zero attached hydrogens (tertiary/aromatic N) is 2. The Morgan fingerprint density at radius 2 is 1.81 bits per heavy atom. The molecule has 0 radical (unpaired) electrons. The van der Waals surface area contributed by atoms with Crippen LogP contribution in [-0.2, 0) is 9.53 Å². The zero-order valence-corrected chi connectivity index (χ0v) is 19.1. The van der Waals surface area contributed by atoms with Gasteiger partial charge in [-0.15, -0.1) is 0 Å². The van der Waals surface area contributed by atoms with Gasteiger partial charge in [0.05, 0.1) is 29.0 Å². The third-order valence-electron chi connectivity index (χ3n) is 5.51. The number of esters is 1. The van der Waals surface area contributed by atoms with Gasteiger partial charge in [0.15, 0.2) is 4.80 Å². The van der Waals surface area contributed by atoms with Crippen LogP contribution in [0.2, 0.25) is 0 Å². The summed E-state index contributed by atoms with van der Waals surface area (Å²) in [6, 6.07) is 13.2. The molecule has 0 amide bonds. The second-order valence-corrected chi connectivity index (χ2v) is 8.96. The van der Waals surface area contributed by atoms with Crippen LogP contribution in [0, 0.1) is 5.82 Å². The summed E-state index contributed by atoms with van der Waals surface area (Å²) in [6.45, 7) is 5.97. The minimum atomic E-state index is -0.643. The van der Waals surface area contributed by atoms with Gasteiger partial charge in [-0.3, -0.25) is 9.36 Å². The minimum Gasteiger partial charge on any atom is -0.466 e. The van der Waals surface area contributed by atoms with E-state index >= 15 is 0 Å². The van der Waals surface area contributed by atoms with Crippen LogP contribution in [0.1, 0.15) is 49.4 Å². The Morgan fingerprint density at radius 3 is 2.41 bits per heavy atom. The molecular formula is C25H23FN2O3S. The van der Waals surface area contributed by atoms with Crippen molar-refractivity contribution in [3.63, 3.8) is 0 Å². The number of hydrogen-bond donors (Lipinski definition) is 0. The Kier molecular flexibility index (Phi) is 5.93. The van der Waals surface area contributed by atoms with Gasteiger partial charge in [0.2, 0.25) is 0 Å². The van der Waals surface area contributed by atoms with Crippen molar-refractivity contribution in [3.8, 4) is 0 Å². The van der Waals surface area contributed by atoms with Gasteiger partial charge >= 0.3 is 5.97 Å². The van der Waals surface area contributed by atoms with Crippen LogP contribution in [-0.4, -0.2) is 17.6 Å². The maximum absolute atomic E-state index is 13.4. The van der Waals surface area contributed by atoms with E-state index in [1.165, 1.54) is 30.6 Å². The molecule has 1 unspecified atom stereocenters. The van der Waals surface area contributed by atoms with Gasteiger partial charge in [-0.1, -0.05) is 61.6 Å². The normalized spacial score (nSPS) is 16.2. The van der Waals surface area contributed by atoms with Gasteiger partial charge in [-0.05, 0) is 47.7 Å². The summed E-state index contributed by atoms with van der Waals surface area (Å²) in [4.78, 5) is 31.2. The van der Waals surface area contributed by atoms with Crippen molar-refractivity contribution in [2.75, 3.05) is 7.11 Å². The van der Waals surface area contributed by atoms with Crippen molar-refractivity contribution >= 4 is 23.4 Å². The summed E-state index contributed by atoms with van der Waals surface area (Å²) in [5, 5.41) is 0. The van der Waals surface area contributed by atoms with Crippen molar-refractivity contribution in [2.45, 2.75) is 32.7 Å². The van der Waals surface area contributed by atoms with Gasteiger partial charge in [-0.25, -0.2) is 14.2 Å². The standard InChI is InChI=1S/C25H23FN2O3S/c1-14(2)17-7-9-18(10-8-17)22-21(24(30)31-4)15(3)27-25-28(22)23(29)20(32-25)13-16-5-11-19(26)12-6-16/h5-14,22H,1-4H3. The Balaban J connectivity index is 1.93. The van der Waals surface area contributed by atoms with Crippen LogP contribution in [0.3, 0.4) is 0 Å². The molecular weight excluding hydrogens is 427 g/mol. The van der Waals surface area contributed by atoms with Crippen molar-refractivity contribution in [3.05, 3.63) is 102 Å². The van der Waals surface area contributed by atoms with Crippen LogP contribution in [0.25, 0.3) is 6.08 Å². The molecule has 0 saturated carbocycles. The average molecular weight is 451 g/mol. The lowest BCUT2D eigenvalue weighted by Gasteiger charge is -2.24. The second kappa shape index (κ2) is 8.67. The van der Waals surface area contributed by atoms with Gasteiger partial charge in [0.1, 0.15) is 5.82 Å². The first-order valence-electron chi connectivity index (χ1n) is 10.3. The van der Waals surface area contributed by atoms with Crippen LogP contribution in [0.4, 0.5) is 4.39 Å². The highest BCUT2D eigenvalue weighted by Crippen LogP contribution is 2.31. The predicted molar refractivity (Wildman–Crippen MR) is 123 cm³/mol. The Morgan fingerprint density at radius 1 is 1.16 bits per heavy atom. The predicted octanol–water partition coefficient (Wildman–Crippen LogP) is 3.67. The molecule has 1 aliphatic rings. The largest absolute Gasteiger partial charge is 0.466 e. The fraction of sp³-hybridized carbons (Fsp3) is 0.240. The molecule has 0 saturated heterocycles. The van der Waals surface area contributed by atoms with Crippen LogP contribution < -0.4 is 14.9 Å². The Labute approximate surface area is 188 Å². The van der Waals surface area contributed by atoms with Gasteiger partial charge < -0.3 is 4.74 Å². The zero-order valence-electron chi connectivity index (χ0n) is 18.3. The number of allylic oxidation sites excluding steroid dienone is 1. The maximum Gasteiger partial charge on any atom is 0.338 e. The van der Waals surface area contributed by atoms with E-state index in [1.807, 2.05) is 24.3 Å². The molecule has 2 heterocycles. The number of ether oxygens (including phenoxy) is 1. The number of carbonyl (C=O) groups excluding carboxylic acids is 1. The molecule has 3 aromatic rings. The third-order valence-corrected chi connectivity index (χ3v) is 6.50. The molecule has 7 heteroatoms. The van der Waals surface area contributed by atoms with E-state index in [2.05, 4.69) is 18.8 Å². The highest BCUT2D eigenvalue weighted by molar-refractivity contribution is 7.07. The minimum absolute atomic E-state index is 0.259. The molecule has 0 bridgehead atoms. The smallest absolute Gasteiger partial charge is 0.338 e. The second-order valence-electron chi connectivity index (χ2n) is 7.95. The lowest BCUT2D eigenvalue weighted by molar-refractivity contribution is -0.136. The number of halogens is 1. The molecule has 4 rings (SSSR count). The van der Waals surface area contributed by atoms with Crippen molar-refractivity contribution in [2.24, 2.45) is 4.99 Å². The summed E-state index contributed by atoms with van der Waals surface area (Å²) >= 11 is 1.24. The van der Waals surface area contributed by atoms with E-state index in [0.717, 1.165) is 11.1 Å². The molecule has 32 heavy (non-hydrogen) atoms. The number of thiazole rings is 1. The topological polar surface area (TPSA) is 60.7 Å². The molecule has 5 nitrogen and oxygen atoms in total. The van der Waals surface area contributed by atoms with Crippen molar-refractivity contribution in [1.29, 1.82) is 0 Å². The first-order valence-corrected chi connectivity index (χ1v) is 11.1. The van der Waals surface area contributed by atoms with Gasteiger partial charge in [0, 0.05) is 0 Å². The molecule has 1 atom stereocenters.